The second kappa shape index (κ2) is 25.5. The number of carbonyl (C=O) groups excluding carboxylic acids is 1. The van der Waals surface area contributed by atoms with E-state index in [0.29, 0.717) is 97.5 Å². The molecule has 2 aliphatic heterocycles. The van der Waals surface area contributed by atoms with Gasteiger partial charge in [0.05, 0.1) is 79.1 Å². The first kappa shape index (κ1) is 53.7. The predicted octanol–water partition coefficient (Wildman–Crippen LogP) is 6.96. The fourth-order valence-electron chi connectivity index (χ4n) is 8.32. The van der Waals surface area contributed by atoms with Gasteiger partial charge >= 0.3 is 5.97 Å². The van der Waals surface area contributed by atoms with E-state index in [1.54, 1.807) is 64.5 Å². The van der Waals surface area contributed by atoms with Crippen molar-refractivity contribution in [3.8, 4) is 11.5 Å². The van der Waals surface area contributed by atoms with E-state index in [0.717, 1.165) is 50.4 Å². The molecule has 0 radical (unpaired) electrons. The van der Waals surface area contributed by atoms with Crippen molar-refractivity contribution >= 4 is 79.9 Å². The van der Waals surface area contributed by atoms with Gasteiger partial charge < -0.3 is 40.4 Å². The number of fused-ring (bicyclic) bond motifs is 2. The number of methoxy groups -OCH3 is 2. The average Bonchev–Trinajstić information content (AvgIpc) is 3.39. The van der Waals surface area contributed by atoms with Gasteiger partial charge in [0.15, 0.2) is 11.6 Å². The molecule has 2 aromatic heterocycles. The molecular weight excluding hydrogens is 976 g/mol. The first-order valence-electron chi connectivity index (χ1n) is 23.4. The van der Waals surface area contributed by atoms with E-state index in [2.05, 4.69) is 40.4 Å². The molecule has 5 N–H and O–H groups in total. The van der Waals surface area contributed by atoms with Gasteiger partial charge in [0, 0.05) is 99.5 Å². The van der Waals surface area contributed by atoms with Gasteiger partial charge in [-0.1, -0.05) is 35.3 Å². The van der Waals surface area contributed by atoms with Gasteiger partial charge in [-0.15, -0.1) is 0 Å². The lowest BCUT2D eigenvalue weighted by molar-refractivity contribution is -0.143. The third kappa shape index (κ3) is 13.7. The number of ether oxygens (including phenoxy) is 4. The number of nitrogens with one attached hydrogen (secondary N) is 2. The highest BCUT2D eigenvalue weighted by molar-refractivity contribution is 6.31. The summed E-state index contributed by atoms with van der Waals surface area (Å²) in [6.45, 7) is 13.0. The van der Waals surface area contributed by atoms with Gasteiger partial charge in [0.2, 0.25) is 5.91 Å². The van der Waals surface area contributed by atoms with Crippen LogP contribution in [0.4, 0.5) is 31.8 Å². The number of halogens is 4. The third-order valence-corrected chi connectivity index (χ3v) is 13.3. The third-order valence-electron chi connectivity index (χ3n) is 12.7. The van der Waals surface area contributed by atoms with Crippen LogP contribution < -0.4 is 25.8 Å². The van der Waals surface area contributed by atoms with E-state index in [-0.39, 0.29) is 21.4 Å². The number of carbonyl (C=O) groups is 2. The molecule has 1 amide bonds. The Morgan fingerprint density at radius 1 is 0.708 bits per heavy atom. The summed E-state index contributed by atoms with van der Waals surface area (Å²) in [5.41, 5.74) is 8.88. The van der Waals surface area contributed by atoms with Crippen molar-refractivity contribution < 1.29 is 42.4 Å². The molecule has 18 nitrogen and oxygen atoms in total. The number of primary amides is 1. The zero-order chi connectivity index (χ0) is 51.3. The number of nitrogens with two attached hydrogens (primary N) is 1. The van der Waals surface area contributed by atoms with Gasteiger partial charge in [-0.3, -0.25) is 29.2 Å². The smallest absolute Gasteiger partial charge is 0.320 e. The Hall–Kier alpha value is -6.10. The van der Waals surface area contributed by atoms with E-state index >= 15 is 0 Å². The zero-order valence-corrected chi connectivity index (χ0v) is 42.1. The number of aromatic nitrogens is 4. The summed E-state index contributed by atoms with van der Waals surface area (Å²) >= 11 is 11.9. The summed E-state index contributed by atoms with van der Waals surface area (Å²) in [5.74, 6) is -0.431. The first-order chi connectivity index (χ1) is 34.7. The van der Waals surface area contributed by atoms with Crippen LogP contribution in [0.25, 0.3) is 21.8 Å². The number of carboxylic acid groups (broad SMARTS) is 1. The van der Waals surface area contributed by atoms with Crippen molar-refractivity contribution in [1.82, 2.24) is 39.5 Å². The Balaban J connectivity index is 0.000000211. The largest absolute Gasteiger partial charge is 0.496 e. The highest BCUT2D eigenvalue weighted by Crippen LogP contribution is 2.34. The number of amides is 1. The minimum atomic E-state index is -0.904. The minimum absolute atomic E-state index is 0.000659. The van der Waals surface area contributed by atoms with Gasteiger partial charge in [-0.2, -0.15) is 0 Å². The van der Waals surface area contributed by atoms with Crippen molar-refractivity contribution in [2.75, 3.05) is 104 Å². The molecule has 4 heterocycles. The van der Waals surface area contributed by atoms with Crippen molar-refractivity contribution in [2.45, 2.75) is 39.0 Å². The molecule has 72 heavy (non-hydrogen) atoms. The predicted molar refractivity (Wildman–Crippen MR) is 273 cm³/mol. The number of rotatable bonds is 20. The molecule has 0 aliphatic carbocycles. The van der Waals surface area contributed by atoms with Crippen LogP contribution in [0.2, 0.25) is 10.0 Å². The van der Waals surface area contributed by atoms with Crippen LogP contribution in [0.1, 0.15) is 25.0 Å². The monoisotopic (exact) mass is 1030 g/mol. The first-order valence-corrected chi connectivity index (χ1v) is 24.2. The standard InChI is InChI=1S/C25H30ClFN6O3.C25H29ClFN5O4/c1-16(24(28)34)33(7-6-32-8-10-36-11-9-32)14-17-12-18-21(13-22(17)35-2)29-15-30-25(18)31-20-5-3-4-19(26)23(20)27;1-16(25(33)34)32(7-6-31-8-10-36-11-9-31)14-17-12-18-21(13-22(17)35-2)28-15-29-24(18)30-20-5-3-4-19(26)23(20)27/h3-5,12-13,15-16H,6-11,14H2,1-2H3,(H2,28,34)(H,29,30,31);3-5,12-13,15-16H,6-11,14H2,1-2H3,(H,33,34)(H,28,29,30)/t2*16-/m00/s1. The lowest BCUT2D eigenvalue weighted by atomic mass is 10.1. The van der Waals surface area contributed by atoms with Crippen LogP contribution in [0.5, 0.6) is 11.5 Å². The molecule has 0 saturated carbocycles. The molecule has 2 saturated heterocycles. The highest BCUT2D eigenvalue weighted by Gasteiger charge is 2.26. The van der Waals surface area contributed by atoms with Crippen molar-refractivity contribution in [2.24, 2.45) is 5.73 Å². The van der Waals surface area contributed by atoms with Crippen molar-refractivity contribution in [3.63, 3.8) is 0 Å². The van der Waals surface area contributed by atoms with E-state index in [9.17, 15) is 23.5 Å². The molecular formula is C50H59Cl2F2N11O7. The number of benzene rings is 4. The zero-order valence-electron chi connectivity index (χ0n) is 40.5. The topological polar surface area (TPSA) is 206 Å². The molecule has 0 spiro atoms. The Morgan fingerprint density at radius 3 is 1.51 bits per heavy atom. The number of carboxylic acids is 1. The number of nitrogens with zero attached hydrogens (tertiary/aromatic N) is 8. The summed E-state index contributed by atoms with van der Waals surface area (Å²) < 4.78 is 51.2. The summed E-state index contributed by atoms with van der Waals surface area (Å²) in [6.07, 6.45) is 2.78. The second-order valence-electron chi connectivity index (χ2n) is 17.2. The van der Waals surface area contributed by atoms with Crippen molar-refractivity contribution in [3.05, 3.63) is 106 Å². The summed E-state index contributed by atoms with van der Waals surface area (Å²) in [7, 11) is 3.15. The van der Waals surface area contributed by atoms with Crippen LogP contribution in [-0.4, -0.2) is 162 Å². The van der Waals surface area contributed by atoms with Crippen LogP contribution in [0, 0.1) is 11.6 Å². The van der Waals surface area contributed by atoms with Crippen molar-refractivity contribution in [1.29, 1.82) is 0 Å². The SMILES string of the molecule is COc1cc2ncnc(Nc3cccc(Cl)c3F)c2cc1CN(CCN1CCOCC1)[C@@H](C)C(=O)O.COc1cc2ncnc(Nc3cccc(Cl)c3F)c2cc1CN(CCN1CCOCC1)[C@@H](C)C(N)=O. The fourth-order valence-corrected chi connectivity index (χ4v) is 8.67. The molecule has 4 aromatic carbocycles. The summed E-state index contributed by atoms with van der Waals surface area (Å²) in [5, 5.41) is 17.1. The molecule has 22 heteroatoms. The quantitative estimate of drug-likeness (QED) is 0.0610. The molecule has 2 fully saturated rings. The number of anilines is 4. The average molecular weight is 1030 g/mol. The highest BCUT2D eigenvalue weighted by atomic mass is 35.5. The maximum atomic E-state index is 14.5. The lowest BCUT2D eigenvalue weighted by Gasteiger charge is -2.32. The molecule has 384 valence electrons. The molecule has 0 unspecified atom stereocenters. The Kier molecular flexibility index (Phi) is 19.0. The van der Waals surface area contributed by atoms with Crippen LogP contribution in [0.3, 0.4) is 0 Å². The van der Waals surface area contributed by atoms with Gasteiger partial charge in [0.1, 0.15) is 41.8 Å². The maximum Gasteiger partial charge on any atom is 0.320 e. The second-order valence-corrected chi connectivity index (χ2v) is 18.0. The number of morpholine rings is 2. The Morgan fingerprint density at radius 2 is 1.12 bits per heavy atom. The van der Waals surface area contributed by atoms with E-state index in [4.69, 9.17) is 47.9 Å². The minimum Gasteiger partial charge on any atom is -0.496 e. The van der Waals surface area contributed by atoms with Crippen LogP contribution in [-0.2, 0) is 32.2 Å². The Labute approximate surface area is 426 Å². The molecule has 2 aliphatic rings. The van der Waals surface area contributed by atoms with Gasteiger partial charge in [-0.25, -0.2) is 28.7 Å². The summed E-state index contributed by atoms with van der Waals surface area (Å²) in [4.78, 5) is 49.8. The van der Waals surface area contributed by atoms with Gasteiger partial charge in [-0.05, 0) is 50.2 Å². The van der Waals surface area contributed by atoms with Crippen LogP contribution >= 0.6 is 23.2 Å². The maximum absolute atomic E-state index is 14.5. The molecule has 8 rings (SSSR count). The number of hydrogen-bond donors (Lipinski definition) is 4. The molecule has 2 atom stereocenters. The summed E-state index contributed by atoms with van der Waals surface area (Å²) in [6, 6.07) is 15.5. The Bertz CT molecular complexity index is 2640. The molecule has 0 bridgehead atoms. The molecule has 6 aromatic rings. The normalized spacial score (nSPS) is 15.2. The number of hydrogen-bond acceptors (Lipinski definition) is 16. The van der Waals surface area contributed by atoms with Crippen LogP contribution in [0.15, 0.2) is 73.3 Å². The lowest BCUT2D eigenvalue weighted by Crippen LogP contribution is -2.47. The van der Waals surface area contributed by atoms with Gasteiger partial charge in [0.25, 0.3) is 0 Å². The van der Waals surface area contributed by atoms with E-state index in [1.165, 1.54) is 24.8 Å². The number of aliphatic carboxylic acids is 1. The fraction of sp³-hybridized carbons (Fsp3) is 0.400. The van der Waals surface area contributed by atoms with E-state index < -0.39 is 35.6 Å². The van der Waals surface area contributed by atoms with E-state index in [1.807, 2.05) is 21.9 Å².